The fourth-order valence-corrected chi connectivity index (χ4v) is 2.92. The Morgan fingerprint density at radius 1 is 1.17 bits per heavy atom. The summed E-state index contributed by atoms with van der Waals surface area (Å²) in [7, 11) is 0. The average molecular weight is 254 g/mol. The SMILES string of the molecule is NCCNC(=O)C(=O)NC1CCN2CCCCC12. The van der Waals surface area contributed by atoms with Crippen LogP contribution < -0.4 is 16.4 Å². The molecule has 2 saturated heterocycles. The summed E-state index contributed by atoms with van der Waals surface area (Å²) in [5.74, 6) is -1.10. The van der Waals surface area contributed by atoms with Crippen molar-refractivity contribution in [3.05, 3.63) is 0 Å². The van der Waals surface area contributed by atoms with Gasteiger partial charge in [-0.15, -0.1) is 0 Å². The van der Waals surface area contributed by atoms with Crippen LogP contribution in [0.15, 0.2) is 0 Å². The molecule has 0 radical (unpaired) electrons. The number of nitrogens with zero attached hydrogens (tertiary/aromatic N) is 1. The van der Waals surface area contributed by atoms with Crippen LogP contribution in [0.1, 0.15) is 25.7 Å². The molecular weight excluding hydrogens is 232 g/mol. The molecule has 2 amide bonds. The van der Waals surface area contributed by atoms with Crippen LogP contribution in [-0.2, 0) is 9.59 Å². The van der Waals surface area contributed by atoms with Crippen LogP contribution in [0.4, 0.5) is 0 Å². The molecule has 6 nitrogen and oxygen atoms in total. The first-order valence-corrected chi connectivity index (χ1v) is 6.75. The lowest BCUT2D eigenvalue weighted by Gasteiger charge is -2.32. The Bertz CT molecular complexity index is 321. The number of nitrogens with two attached hydrogens (primary N) is 1. The molecule has 0 aromatic rings. The van der Waals surface area contributed by atoms with Crippen molar-refractivity contribution in [1.29, 1.82) is 0 Å². The van der Waals surface area contributed by atoms with Crippen molar-refractivity contribution in [2.45, 2.75) is 37.8 Å². The minimum Gasteiger partial charge on any atom is -0.347 e. The highest BCUT2D eigenvalue weighted by atomic mass is 16.2. The lowest BCUT2D eigenvalue weighted by atomic mass is 9.99. The molecule has 0 saturated carbocycles. The van der Waals surface area contributed by atoms with Crippen molar-refractivity contribution in [3.63, 3.8) is 0 Å². The number of rotatable bonds is 3. The molecule has 0 aromatic carbocycles. The van der Waals surface area contributed by atoms with Crippen molar-refractivity contribution >= 4 is 11.8 Å². The normalized spacial score (nSPS) is 27.6. The molecule has 0 aromatic heterocycles. The number of amides is 2. The van der Waals surface area contributed by atoms with Crippen LogP contribution >= 0.6 is 0 Å². The summed E-state index contributed by atoms with van der Waals surface area (Å²) in [5, 5.41) is 5.34. The predicted molar refractivity (Wildman–Crippen MR) is 67.8 cm³/mol. The van der Waals surface area contributed by atoms with Crippen molar-refractivity contribution < 1.29 is 9.59 Å². The first-order valence-electron chi connectivity index (χ1n) is 6.75. The summed E-state index contributed by atoms with van der Waals surface area (Å²) >= 11 is 0. The topological polar surface area (TPSA) is 87.5 Å². The largest absolute Gasteiger partial charge is 0.347 e. The molecule has 2 heterocycles. The summed E-state index contributed by atoms with van der Waals surface area (Å²) in [5.41, 5.74) is 5.27. The van der Waals surface area contributed by atoms with E-state index in [-0.39, 0.29) is 6.04 Å². The van der Waals surface area contributed by atoms with Crippen LogP contribution in [0.25, 0.3) is 0 Å². The predicted octanol–water partition coefficient (Wildman–Crippen LogP) is -1.20. The molecule has 2 fully saturated rings. The van der Waals surface area contributed by atoms with E-state index in [0.717, 1.165) is 25.9 Å². The smallest absolute Gasteiger partial charge is 0.309 e. The quantitative estimate of drug-likeness (QED) is 0.552. The van der Waals surface area contributed by atoms with Gasteiger partial charge in [0.05, 0.1) is 0 Å². The van der Waals surface area contributed by atoms with Gasteiger partial charge >= 0.3 is 11.8 Å². The Kier molecular flexibility index (Phi) is 4.54. The minimum atomic E-state index is -0.574. The fourth-order valence-electron chi connectivity index (χ4n) is 2.92. The molecule has 2 aliphatic rings. The van der Waals surface area contributed by atoms with E-state index >= 15 is 0 Å². The van der Waals surface area contributed by atoms with Crippen molar-refractivity contribution in [2.24, 2.45) is 5.73 Å². The fraction of sp³-hybridized carbons (Fsp3) is 0.833. The van der Waals surface area contributed by atoms with E-state index < -0.39 is 11.8 Å². The van der Waals surface area contributed by atoms with Gasteiger partial charge in [-0.2, -0.15) is 0 Å². The second-order valence-electron chi connectivity index (χ2n) is 5.01. The maximum atomic E-state index is 11.7. The van der Waals surface area contributed by atoms with Crippen molar-refractivity contribution in [2.75, 3.05) is 26.2 Å². The molecule has 2 unspecified atom stereocenters. The number of hydrogen-bond acceptors (Lipinski definition) is 4. The molecule has 102 valence electrons. The molecule has 2 aliphatic heterocycles. The zero-order chi connectivity index (χ0) is 13.0. The van der Waals surface area contributed by atoms with Gasteiger partial charge in [0.15, 0.2) is 0 Å². The highest BCUT2D eigenvalue weighted by Crippen LogP contribution is 2.26. The van der Waals surface area contributed by atoms with E-state index in [1.165, 1.54) is 12.8 Å². The molecular formula is C12H22N4O2. The lowest BCUT2D eigenvalue weighted by molar-refractivity contribution is -0.139. The Hall–Kier alpha value is -1.14. The molecule has 2 rings (SSSR count). The van der Waals surface area contributed by atoms with E-state index in [0.29, 0.717) is 19.1 Å². The summed E-state index contributed by atoms with van der Waals surface area (Å²) in [4.78, 5) is 25.6. The van der Waals surface area contributed by atoms with Gasteiger partial charge in [-0.1, -0.05) is 6.42 Å². The third kappa shape index (κ3) is 3.00. The second kappa shape index (κ2) is 6.15. The molecule has 18 heavy (non-hydrogen) atoms. The molecule has 2 atom stereocenters. The number of carbonyl (C=O) groups is 2. The van der Waals surface area contributed by atoms with Gasteiger partial charge in [-0.05, 0) is 25.8 Å². The Labute approximate surface area is 107 Å². The average Bonchev–Trinajstić information content (AvgIpc) is 2.79. The van der Waals surface area contributed by atoms with E-state index in [2.05, 4.69) is 15.5 Å². The summed E-state index contributed by atoms with van der Waals surface area (Å²) < 4.78 is 0. The van der Waals surface area contributed by atoms with Gasteiger partial charge in [-0.3, -0.25) is 14.5 Å². The Morgan fingerprint density at radius 2 is 2.00 bits per heavy atom. The van der Waals surface area contributed by atoms with Crippen molar-refractivity contribution in [1.82, 2.24) is 15.5 Å². The molecule has 6 heteroatoms. The number of fused-ring (bicyclic) bond motifs is 1. The summed E-state index contributed by atoms with van der Waals surface area (Å²) in [6.07, 6.45) is 4.52. The number of nitrogens with one attached hydrogen (secondary N) is 2. The number of piperidine rings is 1. The lowest BCUT2D eigenvalue weighted by Crippen LogP contribution is -2.51. The first kappa shape index (κ1) is 13.3. The summed E-state index contributed by atoms with van der Waals surface area (Å²) in [6.45, 7) is 2.84. The third-order valence-corrected chi connectivity index (χ3v) is 3.81. The van der Waals surface area contributed by atoms with Gasteiger partial charge in [-0.25, -0.2) is 0 Å². The van der Waals surface area contributed by atoms with E-state index in [9.17, 15) is 9.59 Å². The highest BCUT2D eigenvalue weighted by Gasteiger charge is 2.36. The molecule has 0 spiro atoms. The minimum absolute atomic E-state index is 0.126. The molecule has 0 bridgehead atoms. The Morgan fingerprint density at radius 3 is 2.78 bits per heavy atom. The van der Waals surface area contributed by atoms with Crippen LogP contribution in [0.5, 0.6) is 0 Å². The maximum Gasteiger partial charge on any atom is 0.309 e. The zero-order valence-electron chi connectivity index (χ0n) is 10.7. The second-order valence-corrected chi connectivity index (χ2v) is 5.01. The number of carbonyl (C=O) groups excluding carboxylic acids is 2. The Balaban J connectivity index is 1.82. The van der Waals surface area contributed by atoms with Gasteiger partial charge in [0.25, 0.3) is 0 Å². The maximum absolute atomic E-state index is 11.7. The van der Waals surface area contributed by atoms with Crippen LogP contribution in [0.2, 0.25) is 0 Å². The third-order valence-electron chi connectivity index (χ3n) is 3.81. The standard InChI is InChI=1S/C12H22N4O2/c13-5-6-14-11(17)12(18)15-9-4-8-16-7-2-1-3-10(9)16/h9-10H,1-8,13H2,(H,14,17)(H,15,18). The van der Waals surface area contributed by atoms with E-state index in [4.69, 9.17) is 5.73 Å². The molecule has 0 aliphatic carbocycles. The highest BCUT2D eigenvalue weighted by molar-refractivity contribution is 6.35. The molecule has 4 N–H and O–H groups in total. The number of hydrogen-bond donors (Lipinski definition) is 3. The van der Waals surface area contributed by atoms with Crippen molar-refractivity contribution in [3.8, 4) is 0 Å². The van der Waals surface area contributed by atoms with Gasteiger partial charge in [0.1, 0.15) is 0 Å². The van der Waals surface area contributed by atoms with Crippen LogP contribution in [-0.4, -0.2) is 55.0 Å². The first-order chi connectivity index (χ1) is 8.72. The zero-order valence-corrected chi connectivity index (χ0v) is 10.7. The van der Waals surface area contributed by atoms with Crippen LogP contribution in [0.3, 0.4) is 0 Å². The van der Waals surface area contributed by atoms with Gasteiger partial charge in [0, 0.05) is 31.7 Å². The van der Waals surface area contributed by atoms with E-state index in [1.54, 1.807) is 0 Å². The van der Waals surface area contributed by atoms with E-state index in [1.807, 2.05) is 0 Å². The summed E-state index contributed by atoms with van der Waals surface area (Å²) in [6, 6.07) is 0.548. The van der Waals surface area contributed by atoms with Gasteiger partial charge in [0.2, 0.25) is 0 Å². The van der Waals surface area contributed by atoms with Gasteiger partial charge < -0.3 is 16.4 Å². The van der Waals surface area contributed by atoms with Crippen LogP contribution in [0, 0.1) is 0 Å². The monoisotopic (exact) mass is 254 g/mol.